The zero-order valence-corrected chi connectivity index (χ0v) is 9.93. The van der Waals surface area contributed by atoms with Gasteiger partial charge in [-0.3, -0.25) is 0 Å². The summed E-state index contributed by atoms with van der Waals surface area (Å²) >= 11 is 5.84. The fourth-order valence-corrected chi connectivity index (χ4v) is 1.72. The van der Waals surface area contributed by atoms with Crippen molar-refractivity contribution in [1.29, 1.82) is 0 Å². The summed E-state index contributed by atoms with van der Waals surface area (Å²) in [6, 6.07) is 11.0. The predicted octanol–water partition coefficient (Wildman–Crippen LogP) is 3.03. The van der Waals surface area contributed by atoms with Crippen LogP contribution in [0.2, 0.25) is 5.02 Å². The summed E-state index contributed by atoms with van der Waals surface area (Å²) < 4.78 is 10.9. The van der Waals surface area contributed by atoms with Crippen LogP contribution in [0.4, 0.5) is 0 Å². The molecule has 1 N–H and O–H groups in total. The van der Waals surface area contributed by atoms with E-state index in [1.165, 1.54) is 0 Å². The van der Waals surface area contributed by atoms with Gasteiger partial charge in [-0.1, -0.05) is 23.7 Å². The van der Waals surface area contributed by atoms with Crippen LogP contribution in [0.15, 0.2) is 47.1 Å². The number of rotatable bonds is 5. The van der Waals surface area contributed by atoms with Crippen LogP contribution in [0, 0.1) is 0 Å². The van der Waals surface area contributed by atoms with Gasteiger partial charge < -0.3 is 14.3 Å². The third kappa shape index (κ3) is 3.09. The molecule has 3 nitrogen and oxygen atoms in total. The Balaban J connectivity index is 2.23. The van der Waals surface area contributed by atoms with Gasteiger partial charge in [0, 0.05) is 5.02 Å². The van der Waals surface area contributed by atoms with E-state index in [-0.39, 0.29) is 19.3 Å². The first-order valence-electron chi connectivity index (χ1n) is 5.32. The Bertz CT molecular complexity index is 436. The molecule has 1 heterocycles. The Morgan fingerprint density at radius 3 is 2.59 bits per heavy atom. The lowest BCUT2D eigenvalue weighted by molar-refractivity contribution is 0.0388. The van der Waals surface area contributed by atoms with E-state index >= 15 is 0 Å². The van der Waals surface area contributed by atoms with Crippen LogP contribution in [0.1, 0.15) is 17.4 Å². The van der Waals surface area contributed by atoms with E-state index in [2.05, 4.69) is 0 Å². The average Bonchev–Trinajstić information content (AvgIpc) is 2.85. The van der Waals surface area contributed by atoms with Crippen molar-refractivity contribution in [2.24, 2.45) is 0 Å². The van der Waals surface area contributed by atoms with Gasteiger partial charge in [0.05, 0.1) is 19.5 Å². The van der Waals surface area contributed by atoms with E-state index in [0.29, 0.717) is 10.8 Å². The van der Waals surface area contributed by atoms with E-state index in [0.717, 1.165) is 5.56 Å². The number of aliphatic hydroxyl groups is 1. The second kappa shape index (κ2) is 5.87. The van der Waals surface area contributed by atoms with Crippen LogP contribution >= 0.6 is 11.6 Å². The van der Waals surface area contributed by atoms with Crippen LogP contribution in [-0.4, -0.2) is 18.3 Å². The molecule has 0 saturated heterocycles. The van der Waals surface area contributed by atoms with Gasteiger partial charge in [0.1, 0.15) is 11.9 Å². The maximum absolute atomic E-state index is 8.83. The van der Waals surface area contributed by atoms with Crippen molar-refractivity contribution in [3.63, 3.8) is 0 Å². The van der Waals surface area contributed by atoms with Gasteiger partial charge in [0.2, 0.25) is 0 Å². The largest absolute Gasteiger partial charge is 0.466 e. The minimum Gasteiger partial charge on any atom is -0.466 e. The van der Waals surface area contributed by atoms with Gasteiger partial charge in [0.15, 0.2) is 0 Å². The third-order valence-corrected chi connectivity index (χ3v) is 2.60. The molecule has 0 aliphatic carbocycles. The summed E-state index contributed by atoms with van der Waals surface area (Å²) in [6.45, 7) is 0.235. The van der Waals surface area contributed by atoms with Gasteiger partial charge in [-0.25, -0.2) is 0 Å². The minimum atomic E-state index is -0.311. The van der Waals surface area contributed by atoms with Crippen LogP contribution in [0.5, 0.6) is 0 Å². The van der Waals surface area contributed by atoms with Gasteiger partial charge in [-0.15, -0.1) is 0 Å². The number of halogens is 1. The Labute approximate surface area is 105 Å². The molecule has 0 spiro atoms. The summed E-state index contributed by atoms with van der Waals surface area (Å²) in [7, 11) is 0. The van der Waals surface area contributed by atoms with Crippen molar-refractivity contribution in [3.8, 4) is 0 Å². The van der Waals surface area contributed by atoms with E-state index in [1.807, 2.05) is 18.2 Å². The molecule has 0 fully saturated rings. The Hall–Kier alpha value is -1.29. The molecule has 0 unspecified atom stereocenters. The average molecular weight is 253 g/mol. The molecular weight excluding hydrogens is 240 g/mol. The molecule has 4 heteroatoms. The molecule has 1 aromatic carbocycles. The zero-order valence-electron chi connectivity index (χ0n) is 9.17. The van der Waals surface area contributed by atoms with Crippen molar-refractivity contribution < 1.29 is 14.3 Å². The van der Waals surface area contributed by atoms with E-state index in [1.54, 1.807) is 24.5 Å². The van der Waals surface area contributed by atoms with Gasteiger partial charge in [0.25, 0.3) is 0 Å². The molecule has 0 radical (unpaired) electrons. The standard InChI is InChI=1S/C13H13ClO3/c14-11-5-3-10(4-6-11)13(17-9-7-15)12-2-1-8-16-12/h1-6,8,13,15H,7,9H2/t13-/m0/s1. The molecule has 0 aliphatic rings. The topological polar surface area (TPSA) is 42.6 Å². The highest BCUT2D eigenvalue weighted by molar-refractivity contribution is 6.30. The Morgan fingerprint density at radius 1 is 1.24 bits per heavy atom. The number of hydrogen-bond donors (Lipinski definition) is 1. The SMILES string of the molecule is OCCO[C@@H](c1ccc(Cl)cc1)c1ccco1. The lowest BCUT2D eigenvalue weighted by atomic mass is 10.1. The minimum absolute atomic E-state index is 0.0230. The molecule has 17 heavy (non-hydrogen) atoms. The van der Waals surface area contributed by atoms with Crippen molar-refractivity contribution in [3.05, 3.63) is 59.0 Å². The number of aliphatic hydroxyl groups excluding tert-OH is 1. The van der Waals surface area contributed by atoms with Crippen molar-refractivity contribution in [2.45, 2.75) is 6.10 Å². The highest BCUT2D eigenvalue weighted by atomic mass is 35.5. The summed E-state index contributed by atoms with van der Waals surface area (Å²) in [6.07, 6.45) is 1.29. The first-order valence-corrected chi connectivity index (χ1v) is 5.70. The monoisotopic (exact) mass is 252 g/mol. The lowest BCUT2D eigenvalue weighted by Crippen LogP contribution is -2.08. The molecule has 2 rings (SSSR count). The van der Waals surface area contributed by atoms with Crippen molar-refractivity contribution in [2.75, 3.05) is 13.2 Å². The van der Waals surface area contributed by atoms with Crippen molar-refractivity contribution in [1.82, 2.24) is 0 Å². The number of furan rings is 1. The molecule has 0 saturated carbocycles. The quantitative estimate of drug-likeness (QED) is 0.889. The lowest BCUT2D eigenvalue weighted by Gasteiger charge is -2.15. The number of benzene rings is 1. The van der Waals surface area contributed by atoms with Crippen LogP contribution in [0.25, 0.3) is 0 Å². The zero-order chi connectivity index (χ0) is 12.1. The van der Waals surface area contributed by atoms with Crippen molar-refractivity contribution >= 4 is 11.6 Å². The molecule has 1 aromatic heterocycles. The molecule has 90 valence electrons. The third-order valence-electron chi connectivity index (χ3n) is 2.35. The summed E-state index contributed by atoms with van der Waals surface area (Å²) in [5.74, 6) is 0.709. The number of hydrogen-bond acceptors (Lipinski definition) is 3. The van der Waals surface area contributed by atoms with Gasteiger partial charge >= 0.3 is 0 Å². The molecular formula is C13H13ClO3. The van der Waals surface area contributed by atoms with Gasteiger partial charge in [-0.2, -0.15) is 0 Å². The normalized spacial score (nSPS) is 12.6. The fourth-order valence-electron chi connectivity index (χ4n) is 1.59. The van der Waals surface area contributed by atoms with E-state index < -0.39 is 0 Å². The molecule has 1 atom stereocenters. The highest BCUT2D eigenvalue weighted by Gasteiger charge is 2.17. The number of ether oxygens (including phenoxy) is 1. The van der Waals surface area contributed by atoms with Crippen LogP contribution in [0.3, 0.4) is 0 Å². The first-order chi connectivity index (χ1) is 8.31. The summed E-state index contributed by atoms with van der Waals surface area (Å²) in [5, 5.41) is 9.50. The highest BCUT2D eigenvalue weighted by Crippen LogP contribution is 2.27. The van der Waals surface area contributed by atoms with Crippen LogP contribution in [-0.2, 0) is 4.74 Å². The van der Waals surface area contributed by atoms with Gasteiger partial charge in [-0.05, 0) is 29.8 Å². The molecule has 0 bridgehead atoms. The maximum Gasteiger partial charge on any atom is 0.140 e. The maximum atomic E-state index is 8.83. The fraction of sp³-hybridized carbons (Fsp3) is 0.231. The Kier molecular flexibility index (Phi) is 4.20. The molecule has 2 aromatic rings. The smallest absolute Gasteiger partial charge is 0.140 e. The summed E-state index contributed by atoms with van der Waals surface area (Å²) in [5.41, 5.74) is 0.942. The van der Waals surface area contributed by atoms with E-state index in [4.69, 9.17) is 25.9 Å². The first kappa shape index (κ1) is 12.2. The predicted molar refractivity (Wildman–Crippen MR) is 65.0 cm³/mol. The Morgan fingerprint density at radius 2 is 2.00 bits per heavy atom. The second-order valence-corrected chi connectivity index (χ2v) is 3.98. The molecule has 0 aliphatic heterocycles. The van der Waals surface area contributed by atoms with Crippen LogP contribution < -0.4 is 0 Å². The second-order valence-electron chi connectivity index (χ2n) is 3.54. The van der Waals surface area contributed by atoms with E-state index in [9.17, 15) is 0 Å². The molecule has 0 amide bonds. The summed E-state index contributed by atoms with van der Waals surface area (Å²) in [4.78, 5) is 0.